The van der Waals surface area contributed by atoms with Crippen molar-refractivity contribution in [3.05, 3.63) is 12.7 Å². The second kappa shape index (κ2) is 1.92. The van der Waals surface area contributed by atoms with Gasteiger partial charge in [-0.15, -0.1) is 0 Å². The Morgan fingerprint density at radius 3 is 2.60 bits per heavy atom. The number of ether oxygens (including phenoxy) is 1. The summed E-state index contributed by atoms with van der Waals surface area (Å²) < 4.78 is 5.14. The van der Waals surface area contributed by atoms with Crippen molar-refractivity contribution in [3.63, 3.8) is 0 Å². The topological polar surface area (TPSA) is 26.3 Å². The van der Waals surface area contributed by atoms with Gasteiger partial charge in [-0.25, -0.2) is 0 Å². The molecule has 2 rings (SSSR count). The van der Waals surface area contributed by atoms with E-state index >= 15 is 0 Å². The first-order chi connectivity index (χ1) is 4.84. The van der Waals surface area contributed by atoms with Gasteiger partial charge >= 0.3 is 0 Å². The summed E-state index contributed by atoms with van der Waals surface area (Å²) in [5, 5.41) is 0. The Bertz CT molecular complexity index is 176. The number of allylic oxidation sites excluding steroid dienone is 1. The number of hydrogen-bond donors (Lipinski definition) is 0. The zero-order valence-corrected chi connectivity index (χ0v) is 5.75. The normalized spacial score (nSPS) is 42.6. The number of rotatable bonds is 2. The Morgan fingerprint density at radius 1 is 1.50 bits per heavy atom. The maximum atomic E-state index is 11.0. The van der Waals surface area contributed by atoms with Gasteiger partial charge in [0.25, 0.3) is 0 Å². The van der Waals surface area contributed by atoms with E-state index in [1.54, 1.807) is 0 Å². The van der Waals surface area contributed by atoms with Crippen LogP contribution in [-0.2, 0) is 9.53 Å². The molecule has 2 nitrogen and oxygen atoms in total. The van der Waals surface area contributed by atoms with Crippen molar-refractivity contribution >= 4 is 5.78 Å². The van der Waals surface area contributed by atoms with Gasteiger partial charge in [0.15, 0.2) is 5.78 Å². The molecule has 1 aliphatic heterocycles. The van der Waals surface area contributed by atoms with Crippen LogP contribution in [0.4, 0.5) is 0 Å². The number of carbonyl (C=O) groups excluding carboxylic acids is 1. The van der Waals surface area contributed by atoms with Crippen molar-refractivity contribution in [2.24, 2.45) is 17.8 Å². The lowest BCUT2D eigenvalue weighted by atomic mass is 10.2. The second-order valence-electron chi connectivity index (χ2n) is 3.00. The summed E-state index contributed by atoms with van der Waals surface area (Å²) in [6.07, 6.45) is 1.43. The Hall–Kier alpha value is -0.630. The molecule has 1 saturated heterocycles. The molecule has 0 bridgehead atoms. The first-order valence-corrected chi connectivity index (χ1v) is 3.58. The van der Waals surface area contributed by atoms with Gasteiger partial charge in [0.05, 0.1) is 13.2 Å². The van der Waals surface area contributed by atoms with Crippen LogP contribution in [0.3, 0.4) is 0 Å². The number of hydrogen-bond acceptors (Lipinski definition) is 2. The molecule has 0 radical (unpaired) electrons. The Balaban J connectivity index is 2.00. The van der Waals surface area contributed by atoms with Crippen LogP contribution in [0.5, 0.6) is 0 Å². The molecular weight excluding hydrogens is 128 g/mol. The zero-order chi connectivity index (χ0) is 7.14. The SMILES string of the molecule is C=CC(=O)C1C2COCC21. The first kappa shape index (κ1) is 6.10. The molecule has 2 aliphatic rings. The quantitative estimate of drug-likeness (QED) is 0.523. The summed E-state index contributed by atoms with van der Waals surface area (Å²) in [4.78, 5) is 11.0. The molecule has 0 N–H and O–H groups in total. The van der Waals surface area contributed by atoms with Crippen molar-refractivity contribution in [2.75, 3.05) is 13.2 Å². The fraction of sp³-hybridized carbons (Fsp3) is 0.625. The van der Waals surface area contributed by atoms with Gasteiger partial charge in [-0.3, -0.25) is 4.79 Å². The minimum atomic E-state index is 0.207. The molecular formula is C8H10O2. The highest BCUT2D eigenvalue weighted by atomic mass is 16.5. The second-order valence-corrected chi connectivity index (χ2v) is 3.00. The summed E-state index contributed by atoms with van der Waals surface area (Å²) in [5.41, 5.74) is 0. The highest BCUT2D eigenvalue weighted by Crippen LogP contribution is 2.51. The van der Waals surface area contributed by atoms with E-state index in [9.17, 15) is 4.79 Å². The first-order valence-electron chi connectivity index (χ1n) is 3.58. The Kier molecular flexibility index (Phi) is 1.17. The average molecular weight is 138 g/mol. The summed E-state index contributed by atoms with van der Waals surface area (Å²) >= 11 is 0. The fourth-order valence-electron chi connectivity index (χ4n) is 1.80. The highest BCUT2D eigenvalue weighted by molar-refractivity contribution is 5.93. The molecule has 54 valence electrons. The minimum absolute atomic E-state index is 0.207. The smallest absolute Gasteiger partial charge is 0.158 e. The van der Waals surface area contributed by atoms with Gasteiger partial charge in [-0.1, -0.05) is 6.58 Å². The van der Waals surface area contributed by atoms with Crippen molar-refractivity contribution < 1.29 is 9.53 Å². The maximum absolute atomic E-state index is 11.0. The summed E-state index contributed by atoms with van der Waals surface area (Å²) in [6.45, 7) is 5.03. The van der Waals surface area contributed by atoms with Gasteiger partial charge < -0.3 is 4.74 Å². The third-order valence-electron chi connectivity index (χ3n) is 2.48. The minimum Gasteiger partial charge on any atom is -0.381 e. The molecule has 0 aromatic heterocycles. The number of ketones is 1. The van der Waals surface area contributed by atoms with Gasteiger partial charge in [-0.05, 0) is 17.9 Å². The monoisotopic (exact) mass is 138 g/mol. The van der Waals surface area contributed by atoms with Crippen LogP contribution in [0.1, 0.15) is 0 Å². The molecule has 0 aromatic carbocycles. The lowest BCUT2D eigenvalue weighted by Crippen LogP contribution is -2.05. The van der Waals surface area contributed by atoms with Gasteiger partial charge in [0, 0.05) is 5.92 Å². The van der Waals surface area contributed by atoms with Crippen LogP contribution in [0, 0.1) is 17.8 Å². The van der Waals surface area contributed by atoms with Crippen molar-refractivity contribution in [1.29, 1.82) is 0 Å². The van der Waals surface area contributed by atoms with Gasteiger partial charge in [0.2, 0.25) is 0 Å². The van der Waals surface area contributed by atoms with E-state index in [0.717, 1.165) is 13.2 Å². The largest absolute Gasteiger partial charge is 0.381 e. The van der Waals surface area contributed by atoms with E-state index in [4.69, 9.17) is 4.74 Å². The molecule has 0 amide bonds. The summed E-state index contributed by atoms with van der Waals surface area (Å²) in [6, 6.07) is 0. The molecule has 1 saturated carbocycles. The third-order valence-corrected chi connectivity index (χ3v) is 2.48. The van der Waals surface area contributed by atoms with Crippen LogP contribution in [0.2, 0.25) is 0 Å². The lowest BCUT2D eigenvalue weighted by Gasteiger charge is -1.97. The Labute approximate surface area is 59.9 Å². The molecule has 2 fully saturated rings. The number of fused-ring (bicyclic) bond motifs is 1. The van der Waals surface area contributed by atoms with Crippen molar-refractivity contribution in [3.8, 4) is 0 Å². The molecule has 1 heterocycles. The predicted molar refractivity (Wildman–Crippen MR) is 36.5 cm³/mol. The maximum Gasteiger partial charge on any atom is 0.158 e. The molecule has 1 aliphatic carbocycles. The standard InChI is InChI=1S/C8H10O2/c1-2-7(9)8-5-3-10-4-6(5)8/h2,5-6,8H,1,3-4H2. The lowest BCUT2D eigenvalue weighted by molar-refractivity contribution is -0.116. The van der Waals surface area contributed by atoms with E-state index < -0.39 is 0 Å². The fourth-order valence-corrected chi connectivity index (χ4v) is 1.80. The summed E-state index contributed by atoms with van der Waals surface area (Å²) in [7, 11) is 0. The molecule has 2 heteroatoms. The average Bonchev–Trinajstić information content (AvgIpc) is 2.43. The van der Waals surface area contributed by atoms with Gasteiger partial charge in [0.1, 0.15) is 0 Å². The van der Waals surface area contributed by atoms with Crippen LogP contribution in [0.25, 0.3) is 0 Å². The molecule has 10 heavy (non-hydrogen) atoms. The highest BCUT2D eigenvalue weighted by Gasteiger charge is 2.56. The van der Waals surface area contributed by atoms with E-state index in [1.807, 2.05) is 0 Å². The molecule has 2 atom stereocenters. The van der Waals surface area contributed by atoms with Crippen molar-refractivity contribution in [2.45, 2.75) is 0 Å². The van der Waals surface area contributed by atoms with E-state index in [0.29, 0.717) is 11.8 Å². The molecule has 2 unspecified atom stereocenters. The van der Waals surface area contributed by atoms with E-state index in [1.165, 1.54) is 6.08 Å². The molecule has 0 spiro atoms. The van der Waals surface area contributed by atoms with Crippen LogP contribution < -0.4 is 0 Å². The van der Waals surface area contributed by atoms with Crippen LogP contribution >= 0.6 is 0 Å². The summed E-state index contributed by atoms with van der Waals surface area (Å²) in [5.74, 6) is 1.54. The van der Waals surface area contributed by atoms with Crippen LogP contribution in [-0.4, -0.2) is 19.0 Å². The molecule has 0 aromatic rings. The predicted octanol–water partition coefficient (Wildman–Crippen LogP) is 0.634. The van der Waals surface area contributed by atoms with E-state index in [2.05, 4.69) is 6.58 Å². The van der Waals surface area contributed by atoms with Crippen molar-refractivity contribution in [1.82, 2.24) is 0 Å². The zero-order valence-electron chi connectivity index (χ0n) is 5.75. The third kappa shape index (κ3) is 0.655. The van der Waals surface area contributed by atoms with Crippen LogP contribution in [0.15, 0.2) is 12.7 Å². The van der Waals surface area contributed by atoms with E-state index in [-0.39, 0.29) is 11.7 Å². The van der Waals surface area contributed by atoms with Gasteiger partial charge in [-0.2, -0.15) is 0 Å². The number of carbonyl (C=O) groups is 1. The Morgan fingerprint density at radius 2 is 2.10 bits per heavy atom.